The summed E-state index contributed by atoms with van der Waals surface area (Å²) in [6.07, 6.45) is 2.20. The van der Waals surface area contributed by atoms with Gasteiger partial charge in [0.2, 0.25) is 0 Å². The van der Waals surface area contributed by atoms with Crippen molar-refractivity contribution < 1.29 is 4.39 Å². The number of rotatable bonds is 1. The van der Waals surface area contributed by atoms with E-state index in [1.807, 2.05) is 6.07 Å². The van der Waals surface area contributed by atoms with Crippen LogP contribution in [0.5, 0.6) is 0 Å². The van der Waals surface area contributed by atoms with Crippen molar-refractivity contribution in [2.75, 3.05) is 0 Å². The summed E-state index contributed by atoms with van der Waals surface area (Å²) >= 11 is 0. The van der Waals surface area contributed by atoms with E-state index in [0.29, 0.717) is 12.0 Å². The SMILES string of the molecule is Cc1c(-c2cccc(F)c2)nc2n1C(C)CC(C)C2. The molecule has 1 aromatic carbocycles. The number of fused-ring (bicyclic) bond motifs is 1. The summed E-state index contributed by atoms with van der Waals surface area (Å²) < 4.78 is 15.7. The average Bonchev–Trinajstić information content (AvgIpc) is 2.66. The van der Waals surface area contributed by atoms with Crippen molar-refractivity contribution in [2.24, 2.45) is 5.92 Å². The molecule has 3 heteroatoms. The number of aromatic nitrogens is 2. The van der Waals surface area contributed by atoms with E-state index >= 15 is 0 Å². The highest BCUT2D eigenvalue weighted by Gasteiger charge is 2.26. The molecule has 0 radical (unpaired) electrons. The number of hydrogen-bond acceptors (Lipinski definition) is 1. The third kappa shape index (κ3) is 2.07. The molecule has 0 saturated carbocycles. The first-order chi connectivity index (χ1) is 9.06. The highest BCUT2D eigenvalue weighted by Crippen LogP contribution is 2.34. The van der Waals surface area contributed by atoms with Crippen LogP contribution in [0.1, 0.15) is 37.8 Å². The quantitative estimate of drug-likeness (QED) is 0.751. The Morgan fingerprint density at radius 2 is 2.11 bits per heavy atom. The van der Waals surface area contributed by atoms with Crippen LogP contribution in [0.3, 0.4) is 0 Å². The maximum atomic E-state index is 13.4. The van der Waals surface area contributed by atoms with Gasteiger partial charge in [0.1, 0.15) is 11.6 Å². The van der Waals surface area contributed by atoms with Crippen molar-refractivity contribution in [1.29, 1.82) is 0 Å². The van der Waals surface area contributed by atoms with E-state index in [4.69, 9.17) is 4.98 Å². The topological polar surface area (TPSA) is 17.8 Å². The molecule has 0 fully saturated rings. The summed E-state index contributed by atoms with van der Waals surface area (Å²) in [5, 5.41) is 0. The van der Waals surface area contributed by atoms with Gasteiger partial charge in [-0.15, -0.1) is 0 Å². The Morgan fingerprint density at radius 3 is 2.84 bits per heavy atom. The van der Waals surface area contributed by atoms with Crippen molar-refractivity contribution in [3.63, 3.8) is 0 Å². The molecule has 0 bridgehead atoms. The molecule has 0 aliphatic carbocycles. The molecule has 19 heavy (non-hydrogen) atoms. The van der Waals surface area contributed by atoms with Crippen LogP contribution in [0.25, 0.3) is 11.3 Å². The van der Waals surface area contributed by atoms with Gasteiger partial charge in [-0.3, -0.25) is 0 Å². The molecule has 1 aliphatic rings. The largest absolute Gasteiger partial charge is 0.329 e. The van der Waals surface area contributed by atoms with E-state index in [0.717, 1.165) is 29.2 Å². The highest BCUT2D eigenvalue weighted by atomic mass is 19.1. The molecule has 3 rings (SSSR count). The van der Waals surface area contributed by atoms with Gasteiger partial charge in [0.25, 0.3) is 0 Å². The Labute approximate surface area is 113 Å². The number of halogens is 1. The van der Waals surface area contributed by atoms with Crippen LogP contribution in [0.2, 0.25) is 0 Å². The van der Waals surface area contributed by atoms with Gasteiger partial charge in [0, 0.05) is 23.7 Å². The molecule has 0 spiro atoms. The number of nitrogens with zero attached hydrogens (tertiary/aromatic N) is 2. The minimum atomic E-state index is -0.204. The second-order valence-corrected chi connectivity index (χ2v) is 5.74. The molecule has 1 aliphatic heterocycles. The van der Waals surface area contributed by atoms with Crippen molar-refractivity contribution in [2.45, 2.75) is 39.7 Å². The molecule has 0 N–H and O–H groups in total. The molecular formula is C16H19FN2. The Balaban J connectivity index is 2.12. The van der Waals surface area contributed by atoms with Crippen LogP contribution in [0.15, 0.2) is 24.3 Å². The van der Waals surface area contributed by atoms with Crippen LogP contribution in [0.4, 0.5) is 4.39 Å². The van der Waals surface area contributed by atoms with Crippen molar-refractivity contribution in [3.05, 3.63) is 41.6 Å². The van der Waals surface area contributed by atoms with E-state index in [2.05, 4.69) is 25.3 Å². The zero-order chi connectivity index (χ0) is 13.6. The van der Waals surface area contributed by atoms with Gasteiger partial charge in [0.05, 0.1) is 5.69 Å². The number of imidazole rings is 1. The van der Waals surface area contributed by atoms with E-state index in [1.54, 1.807) is 12.1 Å². The average molecular weight is 258 g/mol. The summed E-state index contributed by atoms with van der Waals surface area (Å²) in [5.41, 5.74) is 2.95. The Bertz CT molecular complexity index is 615. The maximum Gasteiger partial charge on any atom is 0.123 e. The lowest BCUT2D eigenvalue weighted by molar-refractivity contribution is 0.339. The van der Waals surface area contributed by atoms with Crippen LogP contribution < -0.4 is 0 Å². The van der Waals surface area contributed by atoms with Crippen molar-refractivity contribution >= 4 is 0 Å². The predicted molar refractivity (Wildman–Crippen MR) is 74.6 cm³/mol. The molecular weight excluding hydrogens is 239 g/mol. The van der Waals surface area contributed by atoms with Crippen molar-refractivity contribution in [1.82, 2.24) is 9.55 Å². The first-order valence-corrected chi connectivity index (χ1v) is 6.90. The fraction of sp³-hybridized carbons (Fsp3) is 0.438. The summed E-state index contributed by atoms with van der Waals surface area (Å²) in [6.45, 7) is 6.60. The number of benzene rings is 1. The molecule has 2 atom stereocenters. The third-order valence-corrected chi connectivity index (χ3v) is 4.04. The van der Waals surface area contributed by atoms with Crippen LogP contribution in [-0.4, -0.2) is 9.55 Å². The van der Waals surface area contributed by atoms with Gasteiger partial charge in [0.15, 0.2) is 0 Å². The lowest BCUT2D eigenvalue weighted by Gasteiger charge is -2.27. The van der Waals surface area contributed by atoms with Crippen LogP contribution >= 0.6 is 0 Å². The zero-order valence-corrected chi connectivity index (χ0v) is 11.7. The molecule has 0 amide bonds. The molecule has 0 saturated heterocycles. The first-order valence-electron chi connectivity index (χ1n) is 6.90. The van der Waals surface area contributed by atoms with Gasteiger partial charge in [-0.1, -0.05) is 19.1 Å². The highest BCUT2D eigenvalue weighted by molar-refractivity contribution is 5.62. The lowest BCUT2D eigenvalue weighted by Crippen LogP contribution is -2.21. The monoisotopic (exact) mass is 258 g/mol. The van der Waals surface area contributed by atoms with Crippen molar-refractivity contribution in [3.8, 4) is 11.3 Å². The fourth-order valence-electron chi connectivity index (χ4n) is 3.29. The molecule has 2 nitrogen and oxygen atoms in total. The summed E-state index contributed by atoms with van der Waals surface area (Å²) in [5.74, 6) is 1.61. The second kappa shape index (κ2) is 4.48. The first kappa shape index (κ1) is 12.4. The lowest BCUT2D eigenvalue weighted by atomic mass is 9.95. The fourth-order valence-corrected chi connectivity index (χ4v) is 3.29. The van der Waals surface area contributed by atoms with E-state index < -0.39 is 0 Å². The summed E-state index contributed by atoms with van der Waals surface area (Å²) in [7, 11) is 0. The Hall–Kier alpha value is -1.64. The van der Waals surface area contributed by atoms with Crippen LogP contribution in [0, 0.1) is 18.7 Å². The molecule has 2 heterocycles. The predicted octanol–water partition coefficient (Wildman–Crippen LogP) is 4.14. The molecule has 1 aromatic heterocycles. The smallest absolute Gasteiger partial charge is 0.123 e. The number of hydrogen-bond donors (Lipinski definition) is 0. The van der Waals surface area contributed by atoms with E-state index in [1.165, 1.54) is 12.5 Å². The Kier molecular flexibility index (Phi) is 2.92. The standard InChI is InChI=1S/C16H19FN2/c1-10-7-11(2)19-12(3)16(18-15(19)8-10)13-5-4-6-14(17)9-13/h4-6,9-11H,7-8H2,1-3H3. The zero-order valence-electron chi connectivity index (χ0n) is 11.7. The van der Waals surface area contributed by atoms with Gasteiger partial charge in [-0.2, -0.15) is 0 Å². The van der Waals surface area contributed by atoms with Gasteiger partial charge in [-0.25, -0.2) is 9.37 Å². The maximum absolute atomic E-state index is 13.4. The van der Waals surface area contributed by atoms with E-state index in [9.17, 15) is 4.39 Å². The van der Waals surface area contributed by atoms with E-state index in [-0.39, 0.29) is 5.82 Å². The van der Waals surface area contributed by atoms with Gasteiger partial charge in [-0.05, 0) is 38.3 Å². The third-order valence-electron chi connectivity index (χ3n) is 4.04. The van der Waals surface area contributed by atoms with Gasteiger partial charge >= 0.3 is 0 Å². The van der Waals surface area contributed by atoms with Gasteiger partial charge < -0.3 is 4.57 Å². The minimum Gasteiger partial charge on any atom is -0.329 e. The molecule has 100 valence electrons. The molecule has 2 unspecified atom stereocenters. The summed E-state index contributed by atoms with van der Waals surface area (Å²) in [6, 6.07) is 7.19. The normalized spacial score (nSPS) is 22.3. The Morgan fingerprint density at radius 1 is 1.32 bits per heavy atom. The minimum absolute atomic E-state index is 0.204. The van der Waals surface area contributed by atoms with Crippen LogP contribution in [-0.2, 0) is 6.42 Å². The second-order valence-electron chi connectivity index (χ2n) is 5.74. The molecule has 2 aromatic rings. The summed E-state index contributed by atoms with van der Waals surface area (Å²) in [4.78, 5) is 4.76.